The quantitative estimate of drug-likeness (QED) is 0.870. The summed E-state index contributed by atoms with van der Waals surface area (Å²) in [5.74, 6) is 0.676. The lowest BCUT2D eigenvalue weighted by molar-refractivity contribution is 0.427. The molecule has 0 unspecified atom stereocenters. The second-order valence-corrected chi connectivity index (χ2v) is 5.97. The highest BCUT2D eigenvalue weighted by molar-refractivity contribution is 5.85. The van der Waals surface area contributed by atoms with Gasteiger partial charge in [-0.3, -0.25) is 4.68 Å². The molecule has 3 rings (SSSR count). The SMILES string of the molecule is CCCn1nc(Cc2ccccc2)cc1C1CCNCC1.Cl.Cl. The number of benzene rings is 1. The summed E-state index contributed by atoms with van der Waals surface area (Å²) in [4.78, 5) is 0. The third kappa shape index (κ3) is 5.23. The lowest BCUT2D eigenvalue weighted by Crippen LogP contribution is -2.27. The lowest BCUT2D eigenvalue weighted by Gasteiger charge is -2.23. The van der Waals surface area contributed by atoms with Gasteiger partial charge in [0.2, 0.25) is 0 Å². The van der Waals surface area contributed by atoms with Gasteiger partial charge in [0.15, 0.2) is 0 Å². The number of rotatable bonds is 5. The third-order valence-electron chi connectivity index (χ3n) is 4.28. The van der Waals surface area contributed by atoms with Crippen LogP contribution in [0.3, 0.4) is 0 Å². The van der Waals surface area contributed by atoms with Gasteiger partial charge in [-0.05, 0) is 44.0 Å². The molecule has 1 N–H and O–H groups in total. The van der Waals surface area contributed by atoms with Crippen molar-refractivity contribution in [2.45, 2.75) is 45.1 Å². The Morgan fingerprint density at radius 1 is 1.13 bits per heavy atom. The lowest BCUT2D eigenvalue weighted by atomic mass is 9.94. The summed E-state index contributed by atoms with van der Waals surface area (Å²) >= 11 is 0. The maximum absolute atomic E-state index is 4.87. The number of aryl methyl sites for hydroxylation is 1. The van der Waals surface area contributed by atoms with Gasteiger partial charge < -0.3 is 5.32 Å². The van der Waals surface area contributed by atoms with Crippen LogP contribution in [0.5, 0.6) is 0 Å². The summed E-state index contributed by atoms with van der Waals surface area (Å²) < 4.78 is 2.26. The monoisotopic (exact) mass is 355 g/mol. The molecule has 0 bridgehead atoms. The van der Waals surface area contributed by atoms with Crippen molar-refractivity contribution < 1.29 is 0 Å². The maximum atomic E-state index is 4.87. The zero-order chi connectivity index (χ0) is 14.5. The van der Waals surface area contributed by atoms with E-state index < -0.39 is 0 Å². The second kappa shape index (κ2) is 9.96. The summed E-state index contributed by atoms with van der Waals surface area (Å²) in [6.45, 7) is 5.53. The molecule has 128 valence electrons. The number of nitrogens with zero attached hydrogens (tertiary/aromatic N) is 2. The zero-order valence-electron chi connectivity index (χ0n) is 13.7. The number of hydrogen-bond acceptors (Lipinski definition) is 2. The zero-order valence-corrected chi connectivity index (χ0v) is 15.3. The van der Waals surface area contributed by atoms with Crippen LogP contribution in [0, 0.1) is 0 Å². The van der Waals surface area contributed by atoms with Crippen molar-refractivity contribution >= 4 is 24.8 Å². The molecule has 5 heteroatoms. The second-order valence-electron chi connectivity index (χ2n) is 5.97. The molecule has 0 radical (unpaired) electrons. The summed E-state index contributed by atoms with van der Waals surface area (Å²) in [7, 11) is 0. The van der Waals surface area contributed by atoms with Crippen LogP contribution in [0.25, 0.3) is 0 Å². The van der Waals surface area contributed by atoms with Crippen molar-refractivity contribution in [2.24, 2.45) is 0 Å². The molecule has 0 amide bonds. The predicted octanol–water partition coefficient (Wildman–Crippen LogP) is 4.19. The van der Waals surface area contributed by atoms with E-state index >= 15 is 0 Å². The Bertz CT molecular complexity index is 563. The summed E-state index contributed by atoms with van der Waals surface area (Å²) in [6.07, 6.45) is 4.56. The molecular formula is C18H27Cl2N3. The molecule has 0 spiro atoms. The normalized spacial score (nSPS) is 14.8. The molecule has 1 aromatic heterocycles. The summed E-state index contributed by atoms with van der Waals surface area (Å²) in [5.41, 5.74) is 4.00. The Morgan fingerprint density at radius 2 is 1.83 bits per heavy atom. The average Bonchev–Trinajstić information content (AvgIpc) is 2.92. The Labute approximate surface area is 151 Å². The number of piperidine rings is 1. The average molecular weight is 356 g/mol. The Hall–Kier alpha value is -1.03. The van der Waals surface area contributed by atoms with Gasteiger partial charge in [0.1, 0.15) is 0 Å². The minimum Gasteiger partial charge on any atom is -0.317 e. The van der Waals surface area contributed by atoms with E-state index in [2.05, 4.69) is 53.3 Å². The third-order valence-corrected chi connectivity index (χ3v) is 4.28. The molecule has 0 saturated carbocycles. The van der Waals surface area contributed by atoms with Crippen molar-refractivity contribution in [2.75, 3.05) is 13.1 Å². The van der Waals surface area contributed by atoms with Crippen molar-refractivity contribution in [3.8, 4) is 0 Å². The predicted molar refractivity (Wildman–Crippen MR) is 101 cm³/mol. The Morgan fingerprint density at radius 3 is 2.48 bits per heavy atom. The van der Waals surface area contributed by atoms with Crippen LogP contribution in [0.2, 0.25) is 0 Å². The van der Waals surface area contributed by atoms with Crippen LogP contribution < -0.4 is 5.32 Å². The van der Waals surface area contributed by atoms with Gasteiger partial charge in [-0.2, -0.15) is 5.10 Å². The van der Waals surface area contributed by atoms with Gasteiger partial charge in [-0.15, -0.1) is 24.8 Å². The van der Waals surface area contributed by atoms with Gasteiger partial charge in [-0.25, -0.2) is 0 Å². The summed E-state index contributed by atoms with van der Waals surface area (Å²) in [5, 5.41) is 8.32. The fourth-order valence-corrected chi connectivity index (χ4v) is 3.22. The van der Waals surface area contributed by atoms with Crippen LogP contribution >= 0.6 is 24.8 Å². The van der Waals surface area contributed by atoms with E-state index in [1.165, 1.54) is 29.8 Å². The highest BCUT2D eigenvalue weighted by Crippen LogP contribution is 2.26. The van der Waals surface area contributed by atoms with Crippen molar-refractivity contribution in [1.29, 1.82) is 0 Å². The molecular weight excluding hydrogens is 329 g/mol. The molecule has 2 heterocycles. The van der Waals surface area contributed by atoms with Gasteiger partial charge in [-0.1, -0.05) is 37.3 Å². The first-order valence-electron chi connectivity index (χ1n) is 8.18. The number of hydrogen-bond donors (Lipinski definition) is 1. The van der Waals surface area contributed by atoms with E-state index in [1.54, 1.807) is 0 Å². The molecule has 0 aliphatic carbocycles. The van der Waals surface area contributed by atoms with E-state index in [-0.39, 0.29) is 24.8 Å². The number of nitrogens with one attached hydrogen (secondary N) is 1. The van der Waals surface area contributed by atoms with Gasteiger partial charge in [0.05, 0.1) is 5.69 Å². The van der Waals surface area contributed by atoms with E-state index in [1.807, 2.05) is 0 Å². The van der Waals surface area contributed by atoms with E-state index in [4.69, 9.17) is 5.10 Å². The molecule has 1 aliphatic rings. The first-order valence-corrected chi connectivity index (χ1v) is 8.18. The van der Waals surface area contributed by atoms with Gasteiger partial charge in [0.25, 0.3) is 0 Å². The van der Waals surface area contributed by atoms with E-state index in [9.17, 15) is 0 Å². The summed E-state index contributed by atoms with van der Waals surface area (Å²) in [6, 6.07) is 13.0. The highest BCUT2D eigenvalue weighted by Gasteiger charge is 2.20. The molecule has 1 fully saturated rings. The van der Waals surface area contributed by atoms with Crippen LogP contribution in [-0.4, -0.2) is 22.9 Å². The first-order chi connectivity index (χ1) is 10.4. The molecule has 0 atom stereocenters. The van der Waals surface area contributed by atoms with E-state index in [0.29, 0.717) is 5.92 Å². The standard InChI is InChI=1S/C18H25N3.2ClH/c1-2-12-21-18(16-8-10-19-11-9-16)14-17(20-21)13-15-6-4-3-5-7-15;;/h3-7,14,16,19H,2,8-13H2,1H3;2*1H. The number of aromatic nitrogens is 2. The van der Waals surface area contributed by atoms with Crippen LogP contribution in [0.1, 0.15) is 49.1 Å². The van der Waals surface area contributed by atoms with E-state index in [0.717, 1.165) is 32.5 Å². The largest absolute Gasteiger partial charge is 0.317 e. The Balaban J connectivity index is 0.00000132. The molecule has 1 saturated heterocycles. The smallest absolute Gasteiger partial charge is 0.0671 e. The van der Waals surface area contributed by atoms with Crippen LogP contribution in [0.15, 0.2) is 36.4 Å². The molecule has 2 aromatic rings. The minimum absolute atomic E-state index is 0. The highest BCUT2D eigenvalue weighted by atomic mass is 35.5. The topological polar surface area (TPSA) is 29.9 Å². The van der Waals surface area contributed by atoms with Crippen molar-refractivity contribution in [3.63, 3.8) is 0 Å². The van der Waals surface area contributed by atoms with Gasteiger partial charge >= 0.3 is 0 Å². The van der Waals surface area contributed by atoms with Crippen molar-refractivity contribution in [1.82, 2.24) is 15.1 Å². The number of halogens is 2. The maximum Gasteiger partial charge on any atom is 0.0671 e. The molecule has 1 aliphatic heterocycles. The molecule has 1 aromatic carbocycles. The minimum atomic E-state index is 0. The van der Waals surface area contributed by atoms with Crippen LogP contribution in [0.4, 0.5) is 0 Å². The van der Waals surface area contributed by atoms with Gasteiger partial charge in [0, 0.05) is 24.6 Å². The fourth-order valence-electron chi connectivity index (χ4n) is 3.22. The van der Waals surface area contributed by atoms with Crippen molar-refractivity contribution in [3.05, 3.63) is 53.3 Å². The fraction of sp³-hybridized carbons (Fsp3) is 0.500. The van der Waals surface area contributed by atoms with Crippen LogP contribution in [-0.2, 0) is 13.0 Å². The Kier molecular flexibility index (Phi) is 8.67. The molecule has 23 heavy (non-hydrogen) atoms. The first kappa shape index (κ1) is 20.0. The molecule has 3 nitrogen and oxygen atoms in total.